The van der Waals surface area contributed by atoms with E-state index in [2.05, 4.69) is 51.2 Å². The Hall–Kier alpha value is -0.850. The summed E-state index contributed by atoms with van der Waals surface area (Å²) in [6.45, 7) is 2.11. The first-order valence-electron chi connectivity index (χ1n) is 6.11. The van der Waals surface area contributed by atoms with E-state index in [-0.39, 0.29) is 5.92 Å². The van der Waals surface area contributed by atoms with Gasteiger partial charge in [0.2, 0.25) is 0 Å². The summed E-state index contributed by atoms with van der Waals surface area (Å²) in [6, 6.07) is 13.4. The molecule has 3 heteroatoms. The number of alkyl halides is 1. The minimum Gasteiger partial charge on any atom is -0.293 e. The molecule has 2 fully saturated rings. The third-order valence-electron chi connectivity index (χ3n) is 4.03. The van der Waals surface area contributed by atoms with Gasteiger partial charge in [0.25, 0.3) is 0 Å². The molecule has 1 aromatic rings. The lowest BCUT2D eigenvalue weighted by atomic mass is 9.99. The van der Waals surface area contributed by atoms with Gasteiger partial charge in [0, 0.05) is 24.0 Å². The average Bonchev–Trinajstić information content (AvgIpc) is 2.83. The molecular weight excluding hydrogens is 276 g/mol. The normalized spacial score (nSPS) is 36.0. The van der Waals surface area contributed by atoms with E-state index in [9.17, 15) is 5.26 Å². The molecule has 2 aliphatic rings. The molecule has 17 heavy (non-hydrogen) atoms. The van der Waals surface area contributed by atoms with Crippen molar-refractivity contribution >= 4 is 15.9 Å². The van der Waals surface area contributed by atoms with E-state index < -0.39 is 0 Å². The van der Waals surface area contributed by atoms with Crippen LogP contribution in [0.1, 0.15) is 12.0 Å². The summed E-state index contributed by atoms with van der Waals surface area (Å²) in [5.41, 5.74) is 1.34. The van der Waals surface area contributed by atoms with Crippen LogP contribution in [0.4, 0.5) is 0 Å². The Kier molecular flexibility index (Phi) is 2.94. The highest BCUT2D eigenvalue weighted by molar-refractivity contribution is 9.09. The maximum atomic E-state index is 9.19. The highest BCUT2D eigenvalue weighted by atomic mass is 79.9. The molecule has 0 N–H and O–H groups in total. The fourth-order valence-electron chi connectivity index (χ4n) is 3.27. The van der Waals surface area contributed by atoms with Crippen molar-refractivity contribution in [1.82, 2.24) is 4.90 Å². The molecule has 3 rings (SSSR count). The zero-order valence-corrected chi connectivity index (χ0v) is 11.2. The fraction of sp³-hybridized carbons (Fsp3) is 0.500. The topological polar surface area (TPSA) is 27.0 Å². The van der Waals surface area contributed by atoms with Gasteiger partial charge in [0.05, 0.1) is 12.0 Å². The summed E-state index contributed by atoms with van der Waals surface area (Å²) in [5.74, 6) is 0.871. The van der Waals surface area contributed by atoms with Gasteiger partial charge in [-0.25, -0.2) is 0 Å². The SMILES string of the molecule is N#C[C@@H]1C[C@H]2CN(Cc3ccccc3)[C@H]1[C@@H]2Br. The molecule has 0 spiro atoms. The van der Waals surface area contributed by atoms with E-state index in [1.807, 2.05) is 6.07 Å². The van der Waals surface area contributed by atoms with Gasteiger partial charge < -0.3 is 0 Å². The Balaban J connectivity index is 1.76. The first-order valence-corrected chi connectivity index (χ1v) is 7.03. The van der Waals surface area contributed by atoms with Crippen LogP contribution < -0.4 is 0 Å². The van der Waals surface area contributed by atoms with Crippen LogP contribution in [0.15, 0.2) is 30.3 Å². The zero-order valence-electron chi connectivity index (χ0n) is 9.59. The number of hydrogen-bond acceptors (Lipinski definition) is 2. The minimum absolute atomic E-state index is 0.210. The van der Waals surface area contributed by atoms with Crippen LogP contribution in [0.25, 0.3) is 0 Å². The van der Waals surface area contributed by atoms with Crippen LogP contribution in [0.2, 0.25) is 0 Å². The number of fused-ring (bicyclic) bond motifs is 2. The molecule has 0 unspecified atom stereocenters. The first-order chi connectivity index (χ1) is 8.29. The standard InChI is InChI=1S/C14H15BrN2/c15-13-12-6-11(7-16)14(13)17(9-12)8-10-4-2-1-3-5-10/h1-5,11-14H,6,8-9H2/t11-,12-,13+,14+/m0/s1. The van der Waals surface area contributed by atoms with Crippen molar-refractivity contribution in [3.05, 3.63) is 35.9 Å². The minimum atomic E-state index is 0.210. The van der Waals surface area contributed by atoms with Gasteiger partial charge in [-0.2, -0.15) is 5.26 Å². The van der Waals surface area contributed by atoms with Gasteiger partial charge >= 0.3 is 0 Å². The number of rotatable bonds is 2. The smallest absolute Gasteiger partial charge is 0.0672 e. The molecule has 2 nitrogen and oxygen atoms in total. The lowest BCUT2D eigenvalue weighted by Gasteiger charge is -2.29. The Morgan fingerprint density at radius 2 is 2.12 bits per heavy atom. The highest BCUT2D eigenvalue weighted by Crippen LogP contribution is 2.46. The molecule has 2 bridgehead atoms. The molecule has 4 atom stereocenters. The Bertz CT molecular complexity index is 439. The second-order valence-corrected chi connectivity index (χ2v) is 6.14. The van der Waals surface area contributed by atoms with Gasteiger partial charge in [-0.05, 0) is 17.9 Å². The summed E-state index contributed by atoms with van der Waals surface area (Å²) in [4.78, 5) is 2.98. The van der Waals surface area contributed by atoms with Crippen LogP contribution in [0, 0.1) is 23.2 Å². The number of hydrogen-bond donors (Lipinski definition) is 0. The third-order valence-corrected chi connectivity index (χ3v) is 5.32. The van der Waals surface area contributed by atoms with E-state index in [0.29, 0.717) is 16.8 Å². The number of nitrogens with zero attached hydrogens (tertiary/aromatic N) is 2. The molecule has 0 aromatic heterocycles. The van der Waals surface area contributed by atoms with E-state index >= 15 is 0 Å². The maximum Gasteiger partial charge on any atom is 0.0672 e. The van der Waals surface area contributed by atoms with E-state index in [4.69, 9.17) is 0 Å². The van der Waals surface area contributed by atoms with E-state index in [0.717, 1.165) is 19.5 Å². The van der Waals surface area contributed by atoms with Crippen molar-refractivity contribution in [1.29, 1.82) is 5.26 Å². The summed E-state index contributed by atoms with van der Waals surface area (Å²) < 4.78 is 0. The number of nitriles is 1. The van der Waals surface area contributed by atoms with E-state index in [1.54, 1.807) is 0 Å². The largest absolute Gasteiger partial charge is 0.293 e. The van der Waals surface area contributed by atoms with Crippen molar-refractivity contribution in [2.45, 2.75) is 23.8 Å². The molecular formula is C14H15BrN2. The van der Waals surface area contributed by atoms with Crippen LogP contribution >= 0.6 is 15.9 Å². The van der Waals surface area contributed by atoms with Crippen LogP contribution in [0.5, 0.6) is 0 Å². The summed E-state index contributed by atoms with van der Waals surface area (Å²) in [5, 5.41) is 9.19. The second-order valence-electron chi connectivity index (χ2n) is 5.08. The van der Waals surface area contributed by atoms with Crippen molar-refractivity contribution < 1.29 is 0 Å². The molecule has 0 amide bonds. The molecule has 88 valence electrons. The Labute approximate surface area is 110 Å². The number of likely N-dealkylation sites (tertiary alicyclic amines) is 1. The summed E-state index contributed by atoms with van der Waals surface area (Å²) in [6.07, 6.45) is 1.07. The maximum absolute atomic E-state index is 9.19. The number of benzene rings is 1. The molecule has 1 aromatic carbocycles. The van der Waals surface area contributed by atoms with Crippen LogP contribution in [0.3, 0.4) is 0 Å². The lowest BCUT2D eigenvalue weighted by Crippen LogP contribution is -2.38. The highest BCUT2D eigenvalue weighted by Gasteiger charge is 2.51. The van der Waals surface area contributed by atoms with Gasteiger partial charge in [0.1, 0.15) is 0 Å². The van der Waals surface area contributed by atoms with E-state index in [1.165, 1.54) is 5.56 Å². The quantitative estimate of drug-likeness (QED) is 0.783. The van der Waals surface area contributed by atoms with Crippen molar-refractivity contribution in [2.24, 2.45) is 11.8 Å². The Morgan fingerprint density at radius 3 is 2.76 bits per heavy atom. The lowest BCUT2D eigenvalue weighted by molar-refractivity contribution is 0.176. The van der Waals surface area contributed by atoms with Crippen molar-refractivity contribution in [2.75, 3.05) is 6.54 Å². The molecule has 1 aliphatic carbocycles. The number of piperidine rings is 1. The van der Waals surface area contributed by atoms with Gasteiger partial charge in [-0.3, -0.25) is 4.90 Å². The summed E-state index contributed by atoms with van der Waals surface area (Å²) >= 11 is 3.77. The second kappa shape index (κ2) is 4.44. The number of halogens is 1. The monoisotopic (exact) mass is 290 g/mol. The fourth-order valence-corrected chi connectivity index (χ4v) is 4.35. The van der Waals surface area contributed by atoms with Gasteiger partial charge in [-0.15, -0.1) is 0 Å². The molecule has 1 heterocycles. The average molecular weight is 291 g/mol. The summed E-state index contributed by atoms with van der Waals surface area (Å²) in [7, 11) is 0. The first kappa shape index (κ1) is 11.3. The molecule has 1 saturated heterocycles. The molecule has 1 saturated carbocycles. The van der Waals surface area contributed by atoms with Gasteiger partial charge in [-0.1, -0.05) is 46.3 Å². The zero-order chi connectivity index (χ0) is 11.8. The van der Waals surface area contributed by atoms with Crippen molar-refractivity contribution in [3.63, 3.8) is 0 Å². The van der Waals surface area contributed by atoms with Crippen molar-refractivity contribution in [3.8, 4) is 6.07 Å². The van der Waals surface area contributed by atoms with Crippen LogP contribution in [-0.2, 0) is 6.54 Å². The molecule has 1 aliphatic heterocycles. The van der Waals surface area contributed by atoms with Crippen LogP contribution in [-0.4, -0.2) is 22.3 Å². The third kappa shape index (κ3) is 1.90. The predicted octanol–water partition coefficient (Wildman–Crippen LogP) is 2.79. The predicted molar refractivity (Wildman–Crippen MR) is 70.6 cm³/mol. The molecule has 0 radical (unpaired) electrons. The van der Waals surface area contributed by atoms with Gasteiger partial charge in [0.15, 0.2) is 0 Å². The Morgan fingerprint density at radius 1 is 1.35 bits per heavy atom.